The number of aliphatic imine (C=N–C) groups is 1. The minimum atomic E-state index is -0.273. The van der Waals surface area contributed by atoms with Gasteiger partial charge in [0.25, 0.3) is 11.8 Å². The number of fused-ring (bicyclic) bond motifs is 2. The quantitative estimate of drug-likeness (QED) is 0.612. The number of hydrogen-bond acceptors (Lipinski definition) is 6. The summed E-state index contributed by atoms with van der Waals surface area (Å²) in [5.41, 5.74) is 2.46. The molecule has 168 valence electrons. The monoisotopic (exact) mass is 451 g/mol. The van der Waals surface area contributed by atoms with Crippen LogP contribution in [0.3, 0.4) is 0 Å². The lowest BCUT2D eigenvalue weighted by Crippen LogP contribution is -2.43. The number of rotatable bonds is 4. The van der Waals surface area contributed by atoms with Crippen LogP contribution in [0.4, 0.5) is 0 Å². The molecule has 2 aliphatic carbocycles. The zero-order valence-corrected chi connectivity index (χ0v) is 19.3. The fraction of sp³-hybridized carbons (Fsp3) is 0.500. The summed E-state index contributed by atoms with van der Waals surface area (Å²) in [5, 5.41) is 10.3. The van der Waals surface area contributed by atoms with Crippen LogP contribution in [0.1, 0.15) is 59.9 Å². The highest BCUT2D eigenvalue weighted by Crippen LogP contribution is 2.34. The van der Waals surface area contributed by atoms with E-state index in [0.717, 1.165) is 49.3 Å². The fourth-order valence-corrected chi connectivity index (χ4v) is 5.89. The van der Waals surface area contributed by atoms with Crippen molar-refractivity contribution in [2.75, 3.05) is 0 Å². The Bertz CT molecular complexity index is 1050. The Hall–Kier alpha value is -2.58. The lowest BCUT2D eigenvalue weighted by molar-refractivity contribution is -0.114. The van der Waals surface area contributed by atoms with Crippen molar-refractivity contribution in [1.29, 1.82) is 0 Å². The number of aromatic nitrogens is 1. The number of carbonyl (C=O) groups excluding carboxylic acids is 2. The molecular weight excluding hydrogens is 422 g/mol. The third-order valence-corrected chi connectivity index (χ3v) is 7.97. The van der Waals surface area contributed by atoms with Gasteiger partial charge in [-0.25, -0.2) is 9.98 Å². The second kappa shape index (κ2) is 8.41. The minimum absolute atomic E-state index is 0.0243. The van der Waals surface area contributed by atoms with Crippen LogP contribution in [0.5, 0.6) is 0 Å². The number of allylic oxidation sites excluding steroid dienone is 2. The first kappa shape index (κ1) is 21.3. The second-order valence-electron chi connectivity index (χ2n) is 9.36. The normalized spacial score (nSPS) is 31.0. The van der Waals surface area contributed by atoms with Crippen molar-refractivity contribution in [1.82, 2.24) is 20.9 Å². The van der Waals surface area contributed by atoms with E-state index in [2.05, 4.69) is 58.0 Å². The summed E-state index contributed by atoms with van der Waals surface area (Å²) in [5.74, 6) is -0.169. The van der Waals surface area contributed by atoms with Crippen molar-refractivity contribution in [3.05, 3.63) is 51.2 Å². The number of nitrogens with zero attached hydrogens (tertiary/aromatic N) is 2. The first-order valence-electron chi connectivity index (χ1n) is 11.4. The maximum absolute atomic E-state index is 12.8. The SMILES string of the molecule is CC1=CC2C=C(C(=O)N=CC3CCCC[C@H]3NC(=O)c3nc4c(s3)CNC4)NC2(C)C=C1. The summed E-state index contributed by atoms with van der Waals surface area (Å²) in [6.45, 7) is 5.68. The Labute approximate surface area is 192 Å². The average molecular weight is 452 g/mol. The Morgan fingerprint density at radius 2 is 2.12 bits per heavy atom. The van der Waals surface area contributed by atoms with Crippen LogP contribution < -0.4 is 16.0 Å². The highest BCUT2D eigenvalue weighted by Gasteiger charge is 2.38. The highest BCUT2D eigenvalue weighted by molar-refractivity contribution is 7.13. The van der Waals surface area contributed by atoms with Gasteiger partial charge in [0.15, 0.2) is 5.01 Å². The average Bonchev–Trinajstić information content (AvgIpc) is 3.46. The van der Waals surface area contributed by atoms with E-state index >= 15 is 0 Å². The van der Waals surface area contributed by atoms with Crippen molar-refractivity contribution in [2.24, 2.45) is 16.8 Å². The molecule has 8 heteroatoms. The van der Waals surface area contributed by atoms with Crippen LogP contribution in [0, 0.1) is 11.8 Å². The van der Waals surface area contributed by atoms with Crippen molar-refractivity contribution in [3.63, 3.8) is 0 Å². The van der Waals surface area contributed by atoms with Crippen molar-refractivity contribution in [3.8, 4) is 0 Å². The van der Waals surface area contributed by atoms with Crippen LogP contribution in [-0.2, 0) is 17.9 Å². The molecule has 1 saturated carbocycles. The summed E-state index contributed by atoms with van der Waals surface area (Å²) in [6.07, 6.45) is 14.0. The van der Waals surface area contributed by atoms with Crippen molar-refractivity contribution >= 4 is 29.4 Å². The minimum Gasteiger partial charge on any atom is -0.371 e. The van der Waals surface area contributed by atoms with Gasteiger partial charge >= 0.3 is 0 Å². The molecule has 0 bridgehead atoms. The van der Waals surface area contributed by atoms with Gasteiger partial charge in [-0.05, 0) is 32.8 Å². The molecule has 3 unspecified atom stereocenters. The fourth-order valence-electron chi connectivity index (χ4n) is 4.94. The molecule has 1 aromatic heterocycles. The molecule has 0 saturated heterocycles. The number of carbonyl (C=O) groups is 2. The standard InChI is InChI=1S/C24H29N5O2S/c1-14-7-8-24(2)16(9-14)10-18(29-24)21(30)26-11-15-5-3-4-6-17(15)27-22(31)23-28-19-12-25-13-20(19)32-23/h7-11,15-17,25,29H,3-6,12-13H2,1-2H3,(H,27,31)/t15?,16?,17-,24?/m1/s1. The molecule has 4 aliphatic rings. The molecule has 1 aromatic rings. The maximum atomic E-state index is 12.8. The molecule has 7 nitrogen and oxygen atoms in total. The van der Waals surface area contributed by atoms with E-state index in [4.69, 9.17) is 0 Å². The Balaban J connectivity index is 1.24. The summed E-state index contributed by atoms with van der Waals surface area (Å²) in [4.78, 5) is 35.5. The molecule has 4 atom stereocenters. The highest BCUT2D eigenvalue weighted by atomic mass is 32.1. The van der Waals surface area contributed by atoms with Crippen LogP contribution in [0.15, 0.2) is 40.6 Å². The lowest BCUT2D eigenvalue weighted by atomic mass is 9.82. The molecule has 3 N–H and O–H groups in total. The molecular formula is C24H29N5O2S. The van der Waals surface area contributed by atoms with E-state index in [1.165, 1.54) is 16.9 Å². The van der Waals surface area contributed by atoms with Gasteiger partial charge in [0.2, 0.25) is 0 Å². The largest absolute Gasteiger partial charge is 0.371 e. The van der Waals surface area contributed by atoms with Crippen LogP contribution in [-0.4, -0.2) is 34.6 Å². The Morgan fingerprint density at radius 1 is 1.28 bits per heavy atom. The van der Waals surface area contributed by atoms with E-state index in [0.29, 0.717) is 10.7 Å². The van der Waals surface area contributed by atoms with Gasteiger partial charge in [0.05, 0.1) is 16.9 Å². The van der Waals surface area contributed by atoms with Crippen molar-refractivity contribution < 1.29 is 9.59 Å². The smallest absolute Gasteiger partial charge is 0.292 e. The second-order valence-corrected chi connectivity index (χ2v) is 10.4. The summed E-state index contributed by atoms with van der Waals surface area (Å²) in [7, 11) is 0. The summed E-state index contributed by atoms with van der Waals surface area (Å²) in [6, 6.07) is -0.0243. The van der Waals surface area contributed by atoms with Crippen LogP contribution in [0.2, 0.25) is 0 Å². The van der Waals surface area contributed by atoms with E-state index < -0.39 is 0 Å². The van der Waals surface area contributed by atoms with E-state index in [9.17, 15) is 9.59 Å². The number of thiazole rings is 1. The summed E-state index contributed by atoms with van der Waals surface area (Å²) < 4.78 is 0. The van der Waals surface area contributed by atoms with Gasteiger partial charge in [-0.2, -0.15) is 0 Å². The first-order valence-corrected chi connectivity index (χ1v) is 12.2. The van der Waals surface area contributed by atoms with E-state index in [-0.39, 0.29) is 35.2 Å². The van der Waals surface area contributed by atoms with Gasteiger partial charge in [-0.3, -0.25) is 9.59 Å². The summed E-state index contributed by atoms with van der Waals surface area (Å²) >= 11 is 1.47. The zero-order valence-electron chi connectivity index (χ0n) is 18.5. The topological polar surface area (TPSA) is 95.5 Å². The predicted molar refractivity (Wildman–Crippen MR) is 125 cm³/mol. The predicted octanol–water partition coefficient (Wildman–Crippen LogP) is 3.01. The van der Waals surface area contributed by atoms with Gasteiger partial charge in [0.1, 0.15) is 0 Å². The third kappa shape index (κ3) is 4.09. The number of nitrogens with one attached hydrogen (secondary N) is 3. The molecule has 1 fully saturated rings. The number of amides is 2. The molecule has 0 spiro atoms. The molecule has 2 aliphatic heterocycles. The molecule has 32 heavy (non-hydrogen) atoms. The van der Waals surface area contributed by atoms with Crippen LogP contribution >= 0.6 is 11.3 Å². The van der Waals surface area contributed by atoms with Gasteiger partial charge in [0, 0.05) is 42.1 Å². The van der Waals surface area contributed by atoms with Gasteiger partial charge in [-0.1, -0.05) is 36.6 Å². The molecule has 3 heterocycles. The zero-order chi connectivity index (χ0) is 22.3. The molecule has 5 rings (SSSR count). The molecule has 2 amide bonds. The van der Waals surface area contributed by atoms with Gasteiger partial charge < -0.3 is 16.0 Å². The first-order chi connectivity index (χ1) is 15.4. The van der Waals surface area contributed by atoms with Crippen LogP contribution in [0.25, 0.3) is 0 Å². The van der Waals surface area contributed by atoms with E-state index in [1.54, 1.807) is 6.21 Å². The Kier molecular flexibility index (Phi) is 5.59. The Morgan fingerprint density at radius 3 is 2.97 bits per heavy atom. The van der Waals surface area contributed by atoms with E-state index in [1.807, 2.05) is 6.08 Å². The molecule has 0 aromatic carbocycles. The third-order valence-electron chi connectivity index (χ3n) is 6.88. The maximum Gasteiger partial charge on any atom is 0.292 e. The lowest BCUT2D eigenvalue weighted by Gasteiger charge is -2.30. The van der Waals surface area contributed by atoms with Gasteiger partial charge in [-0.15, -0.1) is 11.3 Å². The van der Waals surface area contributed by atoms with Crippen molar-refractivity contribution in [2.45, 2.75) is 64.2 Å². The molecule has 0 radical (unpaired) electrons. The number of hydrogen-bond donors (Lipinski definition) is 3.